The minimum absolute atomic E-state index is 0.104. The SMILES string of the molecule is COc1cc(/C=N\N2CC(=O)N(c3ccc(Cl)cc3)CC2=O)cc(OC)c1OC. The number of hydrogen-bond donors (Lipinski definition) is 0. The molecule has 0 aromatic heterocycles. The van der Waals surface area contributed by atoms with Crippen molar-refractivity contribution in [1.82, 2.24) is 5.01 Å². The first-order valence-electron chi connectivity index (χ1n) is 8.67. The number of methoxy groups -OCH3 is 3. The molecule has 0 spiro atoms. The summed E-state index contributed by atoms with van der Waals surface area (Å²) in [6.07, 6.45) is 1.47. The van der Waals surface area contributed by atoms with Crippen LogP contribution in [0.15, 0.2) is 41.5 Å². The summed E-state index contributed by atoms with van der Waals surface area (Å²) in [5.41, 5.74) is 1.24. The fourth-order valence-corrected chi connectivity index (χ4v) is 3.01. The topological polar surface area (TPSA) is 80.7 Å². The van der Waals surface area contributed by atoms with E-state index in [1.807, 2.05) is 0 Å². The second-order valence-electron chi connectivity index (χ2n) is 6.11. The molecule has 1 saturated heterocycles. The van der Waals surface area contributed by atoms with E-state index in [2.05, 4.69) is 5.10 Å². The number of benzene rings is 2. The second kappa shape index (κ2) is 8.83. The molecule has 0 atom stereocenters. The van der Waals surface area contributed by atoms with Crippen molar-refractivity contribution in [2.45, 2.75) is 0 Å². The molecule has 2 amide bonds. The van der Waals surface area contributed by atoms with Crippen molar-refractivity contribution in [3.05, 3.63) is 47.0 Å². The molecule has 1 heterocycles. The number of hydrogen-bond acceptors (Lipinski definition) is 6. The van der Waals surface area contributed by atoms with Crippen molar-refractivity contribution in [2.24, 2.45) is 5.10 Å². The van der Waals surface area contributed by atoms with Crippen LogP contribution in [0.25, 0.3) is 0 Å². The van der Waals surface area contributed by atoms with Gasteiger partial charge in [-0.3, -0.25) is 9.59 Å². The van der Waals surface area contributed by atoms with Crippen LogP contribution >= 0.6 is 11.6 Å². The molecule has 8 nitrogen and oxygen atoms in total. The van der Waals surface area contributed by atoms with E-state index in [1.165, 1.54) is 32.4 Å². The summed E-state index contributed by atoms with van der Waals surface area (Å²) in [6.45, 7) is -0.268. The molecule has 152 valence electrons. The largest absolute Gasteiger partial charge is 0.493 e. The van der Waals surface area contributed by atoms with Crippen LogP contribution in [0.4, 0.5) is 5.69 Å². The molecule has 0 aliphatic carbocycles. The molecular formula is C20H20ClN3O5. The summed E-state index contributed by atoms with van der Waals surface area (Å²) >= 11 is 5.88. The summed E-state index contributed by atoms with van der Waals surface area (Å²) in [7, 11) is 4.53. The van der Waals surface area contributed by atoms with Gasteiger partial charge in [-0.1, -0.05) is 11.6 Å². The van der Waals surface area contributed by atoms with E-state index in [0.717, 1.165) is 5.01 Å². The third-order valence-corrected chi connectivity index (χ3v) is 4.59. The molecule has 1 fully saturated rings. The number of amides is 2. The second-order valence-corrected chi connectivity index (χ2v) is 6.55. The fourth-order valence-electron chi connectivity index (χ4n) is 2.88. The first kappa shape index (κ1) is 20.5. The lowest BCUT2D eigenvalue weighted by atomic mass is 10.2. The molecule has 2 aromatic rings. The Balaban J connectivity index is 1.78. The van der Waals surface area contributed by atoms with Crippen molar-refractivity contribution in [3.63, 3.8) is 0 Å². The monoisotopic (exact) mass is 417 g/mol. The van der Waals surface area contributed by atoms with Gasteiger partial charge >= 0.3 is 0 Å². The summed E-state index contributed by atoms with van der Waals surface area (Å²) in [5.74, 6) is 0.832. The number of carbonyl (C=O) groups is 2. The maximum absolute atomic E-state index is 12.5. The molecule has 0 unspecified atom stereocenters. The lowest BCUT2D eigenvalue weighted by Gasteiger charge is -2.31. The predicted octanol–water partition coefficient (Wildman–Crippen LogP) is 2.58. The van der Waals surface area contributed by atoms with Gasteiger partial charge in [0.1, 0.15) is 13.1 Å². The van der Waals surface area contributed by atoms with Crippen molar-refractivity contribution in [1.29, 1.82) is 0 Å². The van der Waals surface area contributed by atoms with Crippen molar-refractivity contribution in [3.8, 4) is 17.2 Å². The van der Waals surface area contributed by atoms with Crippen LogP contribution in [-0.4, -0.2) is 57.5 Å². The molecule has 0 radical (unpaired) electrons. The third kappa shape index (κ3) is 4.43. The van der Waals surface area contributed by atoms with Crippen LogP contribution < -0.4 is 19.1 Å². The van der Waals surface area contributed by atoms with Crippen LogP contribution in [0.5, 0.6) is 17.2 Å². The zero-order valence-electron chi connectivity index (χ0n) is 16.2. The van der Waals surface area contributed by atoms with Crippen molar-refractivity contribution >= 4 is 35.3 Å². The van der Waals surface area contributed by atoms with Gasteiger partial charge in [0.05, 0.1) is 27.5 Å². The Bertz CT molecular complexity index is 921. The molecule has 0 saturated carbocycles. The number of ether oxygens (including phenoxy) is 3. The predicted molar refractivity (Wildman–Crippen MR) is 109 cm³/mol. The summed E-state index contributed by atoms with van der Waals surface area (Å²) in [5, 5.41) is 5.87. The number of piperazine rings is 1. The maximum atomic E-state index is 12.5. The molecule has 9 heteroatoms. The average Bonchev–Trinajstić information content (AvgIpc) is 2.73. The number of halogens is 1. The minimum Gasteiger partial charge on any atom is -0.493 e. The molecular weight excluding hydrogens is 398 g/mol. The van der Waals surface area contributed by atoms with Gasteiger partial charge in [-0.05, 0) is 36.4 Å². The van der Waals surface area contributed by atoms with E-state index >= 15 is 0 Å². The average molecular weight is 418 g/mol. The van der Waals surface area contributed by atoms with Gasteiger partial charge in [0, 0.05) is 16.3 Å². The Morgan fingerprint density at radius 1 is 0.931 bits per heavy atom. The molecule has 1 aliphatic heterocycles. The highest BCUT2D eigenvalue weighted by atomic mass is 35.5. The van der Waals surface area contributed by atoms with Crippen LogP contribution in [0, 0.1) is 0 Å². The standard InChI is InChI=1S/C20H20ClN3O5/c1-27-16-8-13(9-17(28-2)20(16)29-3)10-22-24-12-18(25)23(11-19(24)26)15-6-4-14(21)5-7-15/h4-10H,11-12H2,1-3H3/b22-10-. The molecule has 0 bridgehead atoms. The lowest BCUT2D eigenvalue weighted by molar-refractivity contribution is -0.138. The smallest absolute Gasteiger partial charge is 0.263 e. The number of anilines is 1. The maximum Gasteiger partial charge on any atom is 0.263 e. The molecule has 0 N–H and O–H groups in total. The highest BCUT2D eigenvalue weighted by Gasteiger charge is 2.30. The van der Waals surface area contributed by atoms with E-state index in [4.69, 9.17) is 25.8 Å². The Morgan fingerprint density at radius 3 is 2.10 bits per heavy atom. The Labute approximate surface area is 173 Å². The van der Waals surface area contributed by atoms with Gasteiger partial charge in [-0.15, -0.1) is 0 Å². The van der Waals surface area contributed by atoms with Gasteiger partial charge in [-0.25, -0.2) is 5.01 Å². The van der Waals surface area contributed by atoms with E-state index < -0.39 is 0 Å². The number of carbonyl (C=O) groups excluding carboxylic acids is 2. The summed E-state index contributed by atoms with van der Waals surface area (Å²) in [6, 6.07) is 10.1. The zero-order chi connectivity index (χ0) is 21.0. The highest BCUT2D eigenvalue weighted by molar-refractivity contribution is 6.30. The third-order valence-electron chi connectivity index (χ3n) is 4.34. The quantitative estimate of drug-likeness (QED) is 0.675. The number of nitrogens with zero attached hydrogens (tertiary/aromatic N) is 3. The van der Waals surface area contributed by atoms with Gasteiger partial charge < -0.3 is 19.1 Å². The van der Waals surface area contributed by atoms with Gasteiger partial charge in [0.25, 0.3) is 5.91 Å². The molecule has 2 aromatic carbocycles. The molecule has 1 aliphatic rings. The number of hydrazone groups is 1. The van der Waals surface area contributed by atoms with E-state index in [0.29, 0.717) is 33.5 Å². The highest BCUT2D eigenvalue weighted by Crippen LogP contribution is 2.37. The first-order valence-corrected chi connectivity index (χ1v) is 9.05. The Kier molecular flexibility index (Phi) is 6.23. The van der Waals surface area contributed by atoms with Crippen LogP contribution in [-0.2, 0) is 9.59 Å². The minimum atomic E-state index is -0.303. The van der Waals surface area contributed by atoms with E-state index in [9.17, 15) is 9.59 Å². The fraction of sp³-hybridized carbons (Fsp3) is 0.250. The zero-order valence-corrected chi connectivity index (χ0v) is 17.0. The summed E-state index contributed by atoms with van der Waals surface area (Å²) in [4.78, 5) is 26.4. The first-order chi connectivity index (χ1) is 14.0. The molecule has 3 rings (SSSR count). The normalized spacial score (nSPS) is 14.5. The van der Waals surface area contributed by atoms with E-state index in [1.54, 1.807) is 36.4 Å². The van der Waals surface area contributed by atoms with Gasteiger partial charge in [0.2, 0.25) is 11.7 Å². The van der Waals surface area contributed by atoms with Crippen LogP contribution in [0.3, 0.4) is 0 Å². The number of rotatable bonds is 6. The van der Waals surface area contributed by atoms with Gasteiger partial charge in [0.15, 0.2) is 11.5 Å². The lowest BCUT2D eigenvalue weighted by Crippen LogP contribution is -2.52. The van der Waals surface area contributed by atoms with Crippen LogP contribution in [0.2, 0.25) is 5.02 Å². The Hall–Kier alpha value is -3.26. The van der Waals surface area contributed by atoms with E-state index in [-0.39, 0.29) is 24.9 Å². The van der Waals surface area contributed by atoms with Gasteiger partial charge in [-0.2, -0.15) is 5.10 Å². The summed E-state index contributed by atoms with van der Waals surface area (Å²) < 4.78 is 15.9. The van der Waals surface area contributed by atoms with Crippen LogP contribution in [0.1, 0.15) is 5.56 Å². The van der Waals surface area contributed by atoms with Crippen molar-refractivity contribution in [2.75, 3.05) is 39.3 Å². The molecule has 29 heavy (non-hydrogen) atoms. The van der Waals surface area contributed by atoms with Crippen molar-refractivity contribution < 1.29 is 23.8 Å². The Morgan fingerprint density at radius 2 is 1.55 bits per heavy atom.